The fourth-order valence-corrected chi connectivity index (χ4v) is 5.15. The molecule has 1 heterocycles. The number of esters is 1. The zero-order chi connectivity index (χ0) is 31.7. The van der Waals surface area contributed by atoms with E-state index < -0.39 is 29.1 Å². The lowest BCUT2D eigenvalue weighted by atomic mass is 9.83. The first-order valence-corrected chi connectivity index (χ1v) is 15.1. The van der Waals surface area contributed by atoms with Crippen LogP contribution in [0.5, 0.6) is 5.75 Å². The number of aliphatic hydroxyl groups is 1. The predicted molar refractivity (Wildman–Crippen MR) is 167 cm³/mol. The average molecular weight is 671 g/mol. The van der Waals surface area contributed by atoms with Gasteiger partial charge < -0.3 is 19.3 Å². The highest BCUT2D eigenvalue weighted by Gasteiger charge is 2.54. The number of nitrogens with zero attached hydrogens (tertiary/aromatic N) is 1. The minimum absolute atomic E-state index is 0.0101. The van der Waals surface area contributed by atoms with E-state index in [-0.39, 0.29) is 37.7 Å². The summed E-state index contributed by atoms with van der Waals surface area (Å²) < 4.78 is 31.8. The van der Waals surface area contributed by atoms with Gasteiger partial charge in [-0.2, -0.15) is 0 Å². The van der Waals surface area contributed by atoms with E-state index in [1.807, 2.05) is 24.3 Å². The second kappa shape index (κ2) is 14.8. The Balaban J connectivity index is 1.68. The van der Waals surface area contributed by atoms with Crippen LogP contribution in [0.15, 0.2) is 82.3 Å². The van der Waals surface area contributed by atoms with Gasteiger partial charge >= 0.3 is 5.97 Å². The van der Waals surface area contributed by atoms with Crippen molar-refractivity contribution in [3.8, 4) is 5.75 Å². The first kappa shape index (κ1) is 33.1. The minimum Gasteiger partial charge on any atom is -0.494 e. The van der Waals surface area contributed by atoms with Crippen molar-refractivity contribution in [1.29, 1.82) is 0 Å². The number of amides is 1. The standard InChI is InChI=1S/C33H37BrFN3O6/c1-32(2,3)44-28(40)17-18-33(31(41)38-36-21-22-9-13-24(35)14-10-22)29(26-7-4-5-8-27(26)34)43-30(37-33)23-11-15-25(16-12-23)42-20-6-19-39/h4-5,7-16,29,36,39H,6,17-21H2,1-3H3,(H,38,41)/t29-,33-/m0/s1. The highest BCUT2D eigenvalue weighted by molar-refractivity contribution is 9.10. The summed E-state index contributed by atoms with van der Waals surface area (Å²) in [6, 6.07) is 20.4. The molecule has 0 radical (unpaired) electrons. The molecule has 2 atom stereocenters. The van der Waals surface area contributed by atoms with Crippen LogP contribution in [-0.4, -0.2) is 47.2 Å². The molecule has 1 aliphatic heterocycles. The molecule has 0 aliphatic carbocycles. The molecule has 0 spiro atoms. The maximum atomic E-state index is 14.2. The fourth-order valence-electron chi connectivity index (χ4n) is 4.66. The third kappa shape index (κ3) is 8.64. The van der Waals surface area contributed by atoms with Crippen LogP contribution in [0.25, 0.3) is 0 Å². The number of rotatable bonds is 13. The van der Waals surface area contributed by atoms with Crippen LogP contribution < -0.4 is 15.6 Å². The van der Waals surface area contributed by atoms with Crippen LogP contribution in [0.1, 0.15) is 62.8 Å². The van der Waals surface area contributed by atoms with Crippen molar-refractivity contribution in [1.82, 2.24) is 10.9 Å². The molecule has 9 nitrogen and oxygen atoms in total. The van der Waals surface area contributed by atoms with E-state index in [0.717, 1.165) is 5.56 Å². The molecule has 3 aromatic carbocycles. The molecule has 1 aliphatic rings. The number of aliphatic hydroxyl groups excluding tert-OH is 1. The van der Waals surface area contributed by atoms with E-state index in [1.165, 1.54) is 12.1 Å². The van der Waals surface area contributed by atoms with Gasteiger partial charge in [-0.15, -0.1) is 0 Å². The Morgan fingerprint density at radius 2 is 1.77 bits per heavy atom. The largest absolute Gasteiger partial charge is 0.494 e. The average Bonchev–Trinajstić information content (AvgIpc) is 3.37. The SMILES string of the molecule is CC(C)(C)OC(=O)CC[C@]1(C(=O)NNCc2ccc(F)cc2)N=C(c2ccc(OCCCO)cc2)O[C@H]1c1ccccc1Br. The van der Waals surface area contributed by atoms with Crippen LogP contribution >= 0.6 is 15.9 Å². The third-order valence-electron chi connectivity index (χ3n) is 6.76. The third-order valence-corrected chi connectivity index (χ3v) is 7.48. The number of nitrogens with one attached hydrogen (secondary N) is 2. The van der Waals surface area contributed by atoms with Crippen molar-refractivity contribution in [2.24, 2.45) is 4.99 Å². The Hall–Kier alpha value is -3.80. The van der Waals surface area contributed by atoms with Crippen molar-refractivity contribution in [2.75, 3.05) is 13.2 Å². The van der Waals surface area contributed by atoms with E-state index in [9.17, 15) is 14.0 Å². The number of carbonyl (C=O) groups excluding carboxylic acids is 2. The van der Waals surface area contributed by atoms with Gasteiger partial charge in [0.05, 0.1) is 6.61 Å². The zero-order valence-electron chi connectivity index (χ0n) is 24.9. The molecular formula is C33H37BrFN3O6. The van der Waals surface area contributed by atoms with Crippen molar-refractivity contribution >= 4 is 33.7 Å². The first-order valence-electron chi connectivity index (χ1n) is 14.4. The molecule has 0 aromatic heterocycles. The zero-order valence-corrected chi connectivity index (χ0v) is 26.5. The number of hydrogen-bond donors (Lipinski definition) is 3. The number of ether oxygens (including phenoxy) is 3. The predicted octanol–water partition coefficient (Wildman–Crippen LogP) is 5.55. The summed E-state index contributed by atoms with van der Waals surface area (Å²) in [7, 11) is 0. The van der Waals surface area contributed by atoms with Crippen molar-refractivity contribution in [3.63, 3.8) is 0 Å². The maximum absolute atomic E-state index is 14.2. The van der Waals surface area contributed by atoms with Crippen LogP contribution in [0.4, 0.5) is 4.39 Å². The van der Waals surface area contributed by atoms with Gasteiger partial charge in [-0.25, -0.2) is 14.8 Å². The van der Waals surface area contributed by atoms with Crippen molar-refractivity contribution < 1.29 is 33.3 Å². The van der Waals surface area contributed by atoms with E-state index in [1.54, 1.807) is 57.2 Å². The normalized spacial score (nSPS) is 17.9. The summed E-state index contributed by atoms with van der Waals surface area (Å²) in [6.45, 7) is 5.97. The van der Waals surface area contributed by atoms with Crippen LogP contribution in [0.3, 0.4) is 0 Å². The molecule has 234 valence electrons. The molecule has 1 amide bonds. The highest BCUT2D eigenvalue weighted by atomic mass is 79.9. The monoisotopic (exact) mass is 669 g/mol. The molecule has 11 heteroatoms. The smallest absolute Gasteiger partial charge is 0.306 e. The maximum Gasteiger partial charge on any atom is 0.306 e. The molecule has 0 saturated carbocycles. The van der Waals surface area contributed by atoms with E-state index in [2.05, 4.69) is 26.8 Å². The lowest BCUT2D eigenvalue weighted by Gasteiger charge is -2.31. The topological polar surface area (TPSA) is 118 Å². The summed E-state index contributed by atoms with van der Waals surface area (Å²) >= 11 is 3.60. The Bertz CT molecular complexity index is 1460. The number of hydrogen-bond acceptors (Lipinski definition) is 8. The van der Waals surface area contributed by atoms with Gasteiger partial charge in [0, 0.05) is 41.6 Å². The van der Waals surface area contributed by atoms with Gasteiger partial charge in [-0.3, -0.25) is 15.0 Å². The quantitative estimate of drug-likeness (QED) is 0.124. The van der Waals surface area contributed by atoms with E-state index >= 15 is 0 Å². The van der Waals surface area contributed by atoms with Gasteiger partial charge in [-0.05, 0) is 75.2 Å². The summed E-state index contributed by atoms with van der Waals surface area (Å²) in [5, 5.41) is 9.02. The van der Waals surface area contributed by atoms with Crippen LogP contribution in [0, 0.1) is 5.82 Å². The second-order valence-electron chi connectivity index (χ2n) is 11.3. The highest BCUT2D eigenvalue weighted by Crippen LogP contribution is 2.45. The molecular weight excluding hydrogens is 633 g/mol. The molecule has 3 aromatic rings. The first-order chi connectivity index (χ1) is 21.0. The number of hydrazine groups is 1. The van der Waals surface area contributed by atoms with Gasteiger partial charge in [0.15, 0.2) is 11.6 Å². The Labute approximate surface area is 264 Å². The summed E-state index contributed by atoms with van der Waals surface area (Å²) in [6.07, 6.45) is -0.496. The number of benzene rings is 3. The molecule has 0 fully saturated rings. The van der Waals surface area contributed by atoms with Gasteiger partial charge in [0.2, 0.25) is 5.90 Å². The lowest BCUT2D eigenvalue weighted by Crippen LogP contribution is -2.52. The molecule has 44 heavy (non-hydrogen) atoms. The van der Waals surface area contributed by atoms with E-state index in [0.29, 0.717) is 34.4 Å². The summed E-state index contributed by atoms with van der Waals surface area (Å²) in [5.41, 5.74) is 5.44. The Kier molecular flexibility index (Phi) is 11.1. The number of halogens is 2. The van der Waals surface area contributed by atoms with E-state index in [4.69, 9.17) is 24.3 Å². The second-order valence-corrected chi connectivity index (χ2v) is 12.2. The van der Waals surface area contributed by atoms with Crippen LogP contribution in [0.2, 0.25) is 0 Å². The van der Waals surface area contributed by atoms with Crippen molar-refractivity contribution in [3.05, 3.63) is 99.8 Å². The minimum atomic E-state index is -1.57. The molecule has 3 N–H and O–H groups in total. The van der Waals surface area contributed by atoms with Gasteiger partial charge in [0.25, 0.3) is 5.91 Å². The molecule has 0 saturated heterocycles. The van der Waals surface area contributed by atoms with Crippen molar-refractivity contribution in [2.45, 2.75) is 63.8 Å². The molecule has 0 unspecified atom stereocenters. The fraction of sp³-hybridized carbons (Fsp3) is 0.364. The van der Waals surface area contributed by atoms with Crippen LogP contribution in [-0.2, 0) is 25.6 Å². The number of carbonyl (C=O) groups is 2. The lowest BCUT2D eigenvalue weighted by molar-refractivity contribution is -0.155. The Morgan fingerprint density at radius 3 is 2.43 bits per heavy atom. The summed E-state index contributed by atoms with van der Waals surface area (Å²) in [5.74, 6) is -0.497. The van der Waals surface area contributed by atoms with Gasteiger partial charge in [-0.1, -0.05) is 46.3 Å². The number of aliphatic imine (C=N–C) groups is 1. The Morgan fingerprint density at radius 1 is 1.07 bits per heavy atom. The molecule has 4 rings (SSSR count). The van der Waals surface area contributed by atoms with Gasteiger partial charge in [0.1, 0.15) is 17.2 Å². The molecule has 0 bridgehead atoms. The summed E-state index contributed by atoms with van der Waals surface area (Å²) in [4.78, 5) is 31.9.